The molecule has 1 amide bonds. The summed E-state index contributed by atoms with van der Waals surface area (Å²) in [6.07, 6.45) is 1.60. The second-order valence-corrected chi connectivity index (χ2v) is 8.08. The van der Waals surface area contributed by atoms with Gasteiger partial charge < -0.3 is 20.1 Å². The monoisotopic (exact) mass is 542 g/mol. The summed E-state index contributed by atoms with van der Waals surface area (Å²) in [5.74, 6) is -2.08. The minimum atomic E-state index is -3.17. The number of amides is 1. The molecule has 0 spiro atoms. The Bertz CT molecular complexity index is 1240. The van der Waals surface area contributed by atoms with Crippen LogP contribution in [0, 0.1) is 17.3 Å². The van der Waals surface area contributed by atoms with E-state index >= 15 is 0 Å². The molecule has 1 aliphatic rings. The van der Waals surface area contributed by atoms with Gasteiger partial charge in [-0.05, 0) is 25.1 Å². The van der Waals surface area contributed by atoms with Crippen molar-refractivity contribution in [1.82, 2.24) is 9.91 Å². The van der Waals surface area contributed by atoms with Gasteiger partial charge in [0.15, 0.2) is 0 Å². The number of nitriles is 1. The molecule has 3 rings (SSSR count). The van der Waals surface area contributed by atoms with Gasteiger partial charge in [0.2, 0.25) is 18.1 Å². The Labute approximate surface area is 214 Å². The van der Waals surface area contributed by atoms with Crippen molar-refractivity contribution in [2.45, 2.75) is 19.6 Å². The molecule has 2 aromatic carbocycles. The maximum Gasteiger partial charge on any atom is 0.387 e. The predicted molar refractivity (Wildman–Crippen MR) is 128 cm³/mol. The number of alkyl halides is 2. The standard InChI is InChI=1S/C22H19Cl2F3N6O3/c1-2-32(19(35)10-34)18-9-33(31-20(18)12-3-4-16(23)17(24)5-12)22(29-11-28)30-14-6-13(25)7-15(8-14)36-21(26)27/h3-8,18,21,34H,2,9-10H2,1H3,(H,29,30). The Morgan fingerprint density at radius 1 is 1.36 bits per heavy atom. The number of benzene rings is 2. The van der Waals surface area contributed by atoms with Gasteiger partial charge in [0, 0.05) is 29.9 Å². The largest absolute Gasteiger partial charge is 0.435 e. The van der Waals surface area contributed by atoms with Crippen LogP contribution in [0.3, 0.4) is 0 Å². The number of hydrogen-bond acceptors (Lipinski definition) is 6. The zero-order valence-electron chi connectivity index (χ0n) is 18.6. The van der Waals surface area contributed by atoms with Crippen LogP contribution in [0.2, 0.25) is 10.0 Å². The van der Waals surface area contributed by atoms with Crippen molar-refractivity contribution < 1.29 is 27.8 Å². The zero-order chi connectivity index (χ0) is 26.4. The highest BCUT2D eigenvalue weighted by Crippen LogP contribution is 2.28. The van der Waals surface area contributed by atoms with Crippen LogP contribution in [0.1, 0.15) is 12.5 Å². The smallest absolute Gasteiger partial charge is 0.387 e. The number of nitrogens with one attached hydrogen (secondary N) is 1. The van der Waals surface area contributed by atoms with Crippen LogP contribution in [-0.2, 0) is 4.79 Å². The number of carbonyl (C=O) groups is 1. The fourth-order valence-electron chi connectivity index (χ4n) is 3.57. The summed E-state index contributed by atoms with van der Waals surface area (Å²) in [6, 6.07) is 6.86. The zero-order valence-corrected chi connectivity index (χ0v) is 20.1. The number of aliphatic hydroxyl groups is 1. The van der Waals surface area contributed by atoms with Crippen LogP contribution in [0.15, 0.2) is 46.5 Å². The number of likely N-dealkylation sites (N-methyl/N-ethyl adjacent to an activating group) is 1. The van der Waals surface area contributed by atoms with Gasteiger partial charge in [0.05, 0.1) is 28.3 Å². The topological polar surface area (TPSA) is 114 Å². The van der Waals surface area contributed by atoms with E-state index in [0.29, 0.717) is 16.3 Å². The van der Waals surface area contributed by atoms with Crippen molar-refractivity contribution >= 4 is 46.5 Å². The fourth-order valence-corrected chi connectivity index (χ4v) is 3.87. The highest BCUT2D eigenvalue weighted by Gasteiger charge is 2.36. The quantitative estimate of drug-likeness (QED) is 0.311. The molecule has 1 unspecified atom stereocenters. The number of nitrogens with zero attached hydrogens (tertiary/aromatic N) is 5. The van der Waals surface area contributed by atoms with E-state index in [0.717, 1.165) is 18.2 Å². The van der Waals surface area contributed by atoms with Gasteiger partial charge in [-0.3, -0.25) is 4.79 Å². The molecular weight excluding hydrogens is 524 g/mol. The van der Waals surface area contributed by atoms with E-state index in [2.05, 4.69) is 20.1 Å². The third-order valence-corrected chi connectivity index (χ3v) is 5.77. The molecule has 2 aromatic rings. The van der Waals surface area contributed by atoms with E-state index in [1.54, 1.807) is 31.3 Å². The van der Waals surface area contributed by atoms with Crippen LogP contribution in [0.25, 0.3) is 0 Å². The van der Waals surface area contributed by atoms with E-state index in [1.807, 2.05) is 0 Å². The molecular formula is C22H19Cl2F3N6O3. The SMILES string of the molecule is CCN(C(=O)CO)C1CN(/C(=N\C#N)Nc2cc(F)cc(OC(F)F)c2)N=C1c1ccc(Cl)c(Cl)c1. The van der Waals surface area contributed by atoms with E-state index < -0.39 is 36.7 Å². The molecule has 1 aliphatic heterocycles. The number of ether oxygens (including phenoxy) is 1. The molecule has 190 valence electrons. The molecule has 0 saturated carbocycles. The maximum atomic E-state index is 14.0. The normalized spacial score (nSPS) is 15.5. The van der Waals surface area contributed by atoms with Crippen molar-refractivity contribution in [3.8, 4) is 11.9 Å². The second kappa shape index (κ2) is 11.9. The molecule has 1 heterocycles. The summed E-state index contributed by atoms with van der Waals surface area (Å²) in [5, 5.41) is 27.6. The molecule has 0 saturated heterocycles. The summed E-state index contributed by atoms with van der Waals surface area (Å²) in [4.78, 5) is 17.5. The van der Waals surface area contributed by atoms with E-state index in [9.17, 15) is 28.3 Å². The maximum absolute atomic E-state index is 14.0. The molecule has 0 aliphatic carbocycles. The van der Waals surface area contributed by atoms with Gasteiger partial charge >= 0.3 is 6.61 Å². The molecule has 0 bridgehead atoms. The lowest BCUT2D eigenvalue weighted by Gasteiger charge is -2.28. The number of halogens is 5. The van der Waals surface area contributed by atoms with E-state index in [-0.39, 0.29) is 29.8 Å². The van der Waals surface area contributed by atoms with Gasteiger partial charge in [0.25, 0.3) is 0 Å². The van der Waals surface area contributed by atoms with Gasteiger partial charge in [0.1, 0.15) is 18.2 Å². The molecule has 0 fully saturated rings. The van der Waals surface area contributed by atoms with Crippen LogP contribution in [-0.4, -0.2) is 64.9 Å². The molecule has 14 heteroatoms. The molecule has 0 radical (unpaired) electrons. The highest BCUT2D eigenvalue weighted by molar-refractivity contribution is 6.42. The third kappa shape index (κ3) is 6.37. The minimum absolute atomic E-state index is 0.0155. The van der Waals surface area contributed by atoms with E-state index in [1.165, 1.54) is 9.91 Å². The number of carbonyl (C=O) groups excluding carboxylic acids is 1. The molecule has 1 atom stereocenters. The first kappa shape index (κ1) is 27.1. The average molecular weight is 543 g/mol. The lowest BCUT2D eigenvalue weighted by Crippen LogP contribution is -2.48. The summed E-state index contributed by atoms with van der Waals surface area (Å²) in [6.45, 7) is -2.00. The molecule has 2 N–H and O–H groups in total. The number of aliphatic hydroxyl groups excluding tert-OH is 1. The van der Waals surface area contributed by atoms with Crippen molar-refractivity contribution in [3.05, 3.63) is 57.8 Å². The number of hydrogen-bond donors (Lipinski definition) is 2. The highest BCUT2D eigenvalue weighted by atomic mass is 35.5. The Kier molecular flexibility index (Phi) is 8.98. The number of hydrazone groups is 1. The first-order valence-corrected chi connectivity index (χ1v) is 11.1. The van der Waals surface area contributed by atoms with Crippen LogP contribution >= 0.6 is 23.2 Å². The Hall–Kier alpha value is -3.53. The number of anilines is 1. The molecule has 0 aromatic heterocycles. The summed E-state index contributed by atoms with van der Waals surface area (Å²) in [5.41, 5.74) is 0.814. The number of rotatable bonds is 7. The first-order valence-electron chi connectivity index (χ1n) is 10.4. The van der Waals surface area contributed by atoms with Crippen molar-refractivity contribution in [2.75, 3.05) is 25.0 Å². The predicted octanol–water partition coefficient (Wildman–Crippen LogP) is 3.91. The second-order valence-electron chi connectivity index (χ2n) is 7.26. The van der Waals surface area contributed by atoms with Crippen molar-refractivity contribution in [2.24, 2.45) is 10.1 Å². The molecule has 9 nitrogen and oxygen atoms in total. The van der Waals surface area contributed by atoms with Gasteiger partial charge in [-0.15, -0.1) is 4.99 Å². The summed E-state index contributed by atoms with van der Waals surface area (Å²) < 4.78 is 43.4. The Morgan fingerprint density at radius 3 is 2.72 bits per heavy atom. The van der Waals surface area contributed by atoms with Gasteiger partial charge in [-0.2, -0.15) is 19.1 Å². The minimum Gasteiger partial charge on any atom is -0.435 e. The number of aliphatic imine (C=N–C) groups is 1. The Morgan fingerprint density at radius 2 is 2.11 bits per heavy atom. The van der Waals surface area contributed by atoms with Crippen LogP contribution in [0.5, 0.6) is 5.75 Å². The average Bonchev–Trinajstić information content (AvgIpc) is 3.25. The molecule has 36 heavy (non-hydrogen) atoms. The van der Waals surface area contributed by atoms with Gasteiger partial charge in [-0.25, -0.2) is 9.40 Å². The third-order valence-electron chi connectivity index (χ3n) is 5.03. The Balaban J connectivity index is 2.01. The fraction of sp³-hybridized carbons (Fsp3) is 0.273. The lowest BCUT2D eigenvalue weighted by molar-refractivity contribution is -0.135. The van der Waals surface area contributed by atoms with Crippen molar-refractivity contribution in [3.63, 3.8) is 0 Å². The number of guanidine groups is 1. The van der Waals surface area contributed by atoms with Gasteiger partial charge in [-0.1, -0.05) is 29.3 Å². The first-order chi connectivity index (χ1) is 17.2. The summed E-state index contributed by atoms with van der Waals surface area (Å²) in [7, 11) is 0. The van der Waals surface area contributed by atoms with Crippen LogP contribution < -0.4 is 10.1 Å². The van der Waals surface area contributed by atoms with Crippen LogP contribution in [0.4, 0.5) is 18.9 Å². The lowest BCUT2D eigenvalue weighted by atomic mass is 10.0. The van der Waals surface area contributed by atoms with Crippen molar-refractivity contribution in [1.29, 1.82) is 5.26 Å². The van der Waals surface area contributed by atoms with E-state index in [4.69, 9.17) is 23.2 Å². The summed E-state index contributed by atoms with van der Waals surface area (Å²) >= 11 is 12.2.